The van der Waals surface area contributed by atoms with Gasteiger partial charge in [-0.15, -0.1) is 0 Å². The van der Waals surface area contributed by atoms with Gasteiger partial charge in [-0.1, -0.05) is 25.6 Å². The Kier molecular flexibility index (Phi) is 10.8. The van der Waals surface area contributed by atoms with Gasteiger partial charge in [-0.25, -0.2) is 0 Å². The van der Waals surface area contributed by atoms with Gasteiger partial charge in [0.05, 0.1) is 12.2 Å². The summed E-state index contributed by atoms with van der Waals surface area (Å²) < 4.78 is 48.9. The van der Waals surface area contributed by atoms with Crippen LogP contribution in [0.3, 0.4) is 0 Å². The normalized spacial score (nSPS) is 14.1. The van der Waals surface area contributed by atoms with Gasteiger partial charge in [-0.05, 0) is 84.1 Å². The standard InChI is InChI=1S/C34H38F3N3O4/c1-5-29-30(23(2)6-15-31(29)32(41)38-17-19-43-4)16-18-39(3)20-24-21-40(22-24)33(42)25-7-11-27(12-8-25)44-28-13-9-26(10-14-28)34(35,36)37/h6-16,24H,2,5,17-22H2,1,3-4H3,(H,38,41)/b30-16+. The minimum absolute atomic E-state index is 0.0774. The van der Waals surface area contributed by atoms with Crippen molar-refractivity contribution in [2.24, 2.45) is 5.92 Å². The molecule has 1 aliphatic rings. The zero-order valence-corrected chi connectivity index (χ0v) is 25.2. The number of methoxy groups -OCH3 is 1. The first-order valence-corrected chi connectivity index (χ1v) is 14.5. The van der Waals surface area contributed by atoms with Crippen LogP contribution in [0.1, 0.15) is 38.8 Å². The smallest absolute Gasteiger partial charge is 0.416 e. The molecule has 2 amide bonds. The minimum atomic E-state index is -4.41. The summed E-state index contributed by atoms with van der Waals surface area (Å²) in [6.07, 6.45) is -1.59. The second-order valence-electron chi connectivity index (χ2n) is 10.9. The Morgan fingerprint density at radius 3 is 2.27 bits per heavy atom. The van der Waals surface area contributed by atoms with Gasteiger partial charge < -0.3 is 24.6 Å². The van der Waals surface area contributed by atoms with E-state index in [2.05, 4.69) is 22.9 Å². The molecule has 10 heteroatoms. The zero-order chi connectivity index (χ0) is 31.9. The Labute approximate surface area is 255 Å². The van der Waals surface area contributed by atoms with E-state index in [9.17, 15) is 22.8 Å². The van der Waals surface area contributed by atoms with Gasteiger partial charge in [0.2, 0.25) is 0 Å². The lowest BCUT2D eigenvalue weighted by Crippen LogP contribution is -2.53. The number of benzene rings is 3. The van der Waals surface area contributed by atoms with Crippen molar-refractivity contribution in [3.8, 4) is 11.5 Å². The Balaban J connectivity index is 1.28. The highest BCUT2D eigenvalue weighted by Gasteiger charge is 2.32. The van der Waals surface area contributed by atoms with Crippen LogP contribution in [0.25, 0.3) is 12.7 Å². The lowest BCUT2D eigenvalue weighted by atomic mass is 9.98. The van der Waals surface area contributed by atoms with Gasteiger partial charge in [-0.2, -0.15) is 13.2 Å². The molecule has 3 aromatic carbocycles. The van der Waals surface area contributed by atoms with Crippen molar-refractivity contribution in [1.29, 1.82) is 0 Å². The molecule has 0 unspecified atom stereocenters. The quantitative estimate of drug-likeness (QED) is 0.310. The van der Waals surface area contributed by atoms with Gasteiger partial charge in [0.1, 0.15) is 11.5 Å². The topological polar surface area (TPSA) is 71.1 Å². The number of hydrogen-bond donors (Lipinski definition) is 1. The summed E-state index contributed by atoms with van der Waals surface area (Å²) in [5, 5.41) is 4.75. The third kappa shape index (κ3) is 8.27. The molecule has 1 N–H and O–H groups in total. The molecule has 4 rings (SSSR count). The molecule has 44 heavy (non-hydrogen) atoms. The van der Waals surface area contributed by atoms with Crippen molar-refractivity contribution in [3.05, 3.63) is 93.4 Å². The third-order valence-electron chi connectivity index (χ3n) is 7.58. The zero-order valence-electron chi connectivity index (χ0n) is 25.2. The number of hydrogen-bond acceptors (Lipinski definition) is 5. The maximum absolute atomic E-state index is 13.0. The van der Waals surface area contributed by atoms with Crippen molar-refractivity contribution in [3.63, 3.8) is 0 Å². The van der Waals surface area contributed by atoms with E-state index in [1.54, 1.807) is 36.3 Å². The lowest BCUT2D eigenvalue weighted by molar-refractivity contribution is -0.137. The summed E-state index contributed by atoms with van der Waals surface area (Å²) >= 11 is 0. The molecule has 0 aromatic heterocycles. The van der Waals surface area contributed by atoms with Gasteiger partial charge in [0.15, 0.2) is 0 Å². The number of alkyl halides is 3. The van der Waals surface area contributed by atoms with Gasteiger partial charge in [0.25, 0.3) is 11.8 Å². The number of halogens is 3. The largest absolute Gasteiger partial charge is 0.457 e. The van der Waals surface area contributed by atoms with Gasteiger partial charge in [0, 0.05) is 56.9 Å². The maximum Gasteiger partial charge on any atom is 0.416 e. The molecule has 1 saturated heterocycles. The van der Waals surface area contributed by atoms with E-state index < -0.39 is 11.7 Å². The number of nitrogens with zero attached hydrogens (tertiary/aromatic N) is 2. The fourth-order valence-electron chi connectivity index (χ4n) is 5.23. The van der Waals surface area contributed by atoms with Gasteiger partial charge in [-0.3, -0.25) is 9.59 Å². The van der Waals surface area contributed by atoms with Crippen LogP contribution in [0.4, 0.5) is 13.2 Å². The van der Waals surface area contributed by atoms with Crippen LogP contribution >= 0.6 is 0 Å². The number of carbonyl (C=O) groups excluding carboxylic acids is 2. The van der Waals surface area contributed by atoms with Crippen LogP contribution < -0.4 is 20.5 Å². The molecule has 7 nitrogen and oxygen atoms in total. The first-order valence-electron chi connectivity index (χ1n) is 14.5. The Morgan fingerprint density at radius 2 is 1.68 bits per heavy atom. The molecule has 3 aromatic rings. The van der Waals surface area contributed by atoms with E-state index in [4.69, 9.17) is 9.47 Å². The molecule has 0 atom stereocenters. The number of ether oxygens (including phenoxy) is 2. The highest BCUT2D eigenvalue weighted by Crippen LogP contribution is 2.31. The van der Waals surface area contributed by atoms with E-state index in [0.717, 1.165) is 34.7 Å². The second-order valence-corrected chi connectivity index (χ2v) is 10.9. The van der Waals surface area contributed by atoms with E-state index in [1.165, 1.54) is 12.1 Å². The average molecular weight is 610 g/mol. The molecule has 0 aliphatic carbocycles. The highest BCUT2D eigenvalue weighted by atomic mass is 19.4. The second kappa shape index (κ2) is 14.5. The SMILES string of the molecule is C=c1ccc(C(=O)NCCOC)c(CC)/c1=C/CN(C)CC1CN(C(=O)c2ccc(Oc3ccc(C(F)(F)F)cc3)cc2)C1. The fraction of sp³-hybridized carbons (Fsp3) is 0.353. The van der Waals surface area contributed by atoms with Crippen LogP contribution in [0, 0.1) is 5.92 Å². The predicted molar refractivity (Wildman–Crippen MR) is 164 cm³/mol. The van der Waals surface area contributed by atoms with Crippen LogP contribution in [-0.2, 0) is 17.3 Å². The number of rotatable bonds is 12. The van der Waals surface area contributed by atoms with Crippen molar-refractivity contribution >= 4 is 24.5 Å². The molecule has 1 fully saturated rings. The summed E-state index contributed by atoms with van der Waals surface area (Å²) in [6, 6.07) is 14.7. The third-order valence-corrected chi connectivity index (χ3v) is 7.58. The fourth-order valence-corrected chi connectivity index (χ4v) is 5.23. The first-order chi connectivity index (χ1) is 21.0. The Bertz CT molecular complexity index is 1550. The predicted octanol–water partition coefficient (Wildman–Crippen LogP) is 4.33. The average Bonchev–Trinajstić information content (AvgIpc) is 2.97. The molecule has 0 radical (unpaired) electrons. The van der Waals surface area contributed by atoms with Crippen molar-refractivity contribution in [2.45, 2.75) is 19.5 Å². The summed E-state index contributed by atoms with van der Waals surface area (Å²) in [7, 11) is 3.63. The Morgan fingerprint density at radius 1 is 1.05 bits per heavy atom. The molecule has 1 heterocycles. The van der Waals surface area contributed by atoms with Crippen molar-refractivity contribution in [2.75, 3.05) is 53.5 Å². The van der Waals surface area contributed by atoms with Crippen LogP contribution in [0.15, 0.2) is 60.7 Å². The maximum atomic E-state index is 13.0. The molecular formula is C34H38F3N3O4. The number of likely N-dealkylation sites (tertiary alicyclic amines) is 1. The van der Waals surface area contributed by atoms with Crippen LogP contribution in [-0.4, -0.2) is 75.1 Å². The number of nitrogens with one attached hydrogen (secondary N) is 1. The summed E-state index contributed by atoms with van der Waals surface area (Å²) in [5.74, 6) is 0.836. The van der Waals surface area contributed by atoms with E-state index in [-0.39, 0.29) is 17.6 Å². The Hall–Kier alpha value is -4.15. The molecule has 0 bridgehead atoms. The van der Waals surface area contributed by atoms with E-state index in [0.29, 0.717) is 62.0 Å². The number of carbonyl (C=O) groups is 2. The highest BCUT2D eigenvalue weighted by molar-refractivity contribution is 5.96. The molecule has 0 spiro atoms. The lowest BCUT2D eigenvalue weighted by Gasteiger charge is -2.41. The molecular weight excluding hydrogens is 571 g/mol. The van der Waals surface area contributed by atoms with E-state index in [1.807, 2.05) is 26.1 Å². The summed E-state index contributed by atoms with van der Waals surface area (Å²) in [4.78, 5) is 29.7. The van der Waals surface area contributed by atoms with Crippen LogP contribution in [0.5, 0.6) is 11.5 Å². The summed E-state index contributed by atoms with van der Waals surface area (Å²) in [5.41, 5.74) is 1.40. The van der Waals surface area contributed by atoms with Crippen LogP contribution in [0.2, 0.25) is 0 Å². The van der Waals surface area contributed by atoms with E-state index >= 15 is 0 Å². The number of amides is 2. The molecule has 0 saturated carbocycles. The summed E-state index contributed by atoms with van der Waals surface area (Å²) in [6.45, 7) is 9.87. The van der Waals surface area contributed by atoms with Gasteiger partial charge >= 0.3 is 6.18 Å². The van der Waals surface area contributed by atoms with Crippen molar-refractivity contribution in [1.82, 2.24) is 15.1 Å². The monoisotopic (exact) mass is 609 g/mol. The molecule has 234 valence electrons. The first kappa shape index (κ1) is 32.8. The molecule has 1 aliphatic heterocycles. The minimum Gasteiger partial charge on any atom is -0.457 e. The van der Waals surface area contributed by atoms with Crippen molar-refractivity contribution < 1.29 is 32.2 Å².